The van der Waals surface area contributed by atoms with Gasteiger partial charge in [0.2, 0.25) is 15.9 Å². The number of fused-ring (bicyclic) bond motifs is 1. The number of sulfonamides is 1. The van der Waals surface area contributed by atoms with Gasteiger partial charge in [-0.2, -0.15) is 0 Å². The van der Waals surface area contributed by atoms with Crippen LogP contribution < -0.4 is 10.5 Å². The first-order valence-corrected chi connectivity index (χ1v) is 10.0. The molecule has 9 heteroatoms. The van der Waals surface area contributed by atoms with Crippen molar-refractivity contribution < 1.29 is 13.2 Å². The molecular weight excluding hydrogens is 385 g/mol. The normalized spacial score (nSPS) is 25.5. The fourth-order valence-electron chi connectivity index (χ4n) is 3.70. The van der Waals surface area contributed by atoms with Crippen LogP contribution in [0.25, 0.3) is 0 Å². The Balaban J connectivity index is 0.00000225. The molecule has 1 aliphatic carbocycles. The molecule has 25 heavy (non-hydrogen) atoms. The molecule has 3 N–H and O–H groups in total. The summed E-state index contributed by atoms with van der Waals surface area (Å²) in [6.45, 7) is 1.50. The minimum atomic E-state index is -3.71. The number of carbonyl (C=O) groups excluding carboxylic acids is 1. The number of hydrogen-bond donors (Lipinski definition) is 2. The van der Waals surface area contributed by atoms with Gasteiger partial charge in [0.25, 0.3) is 0 Å². The molecule has 1 saturated heterocycles. The third-order valence-corrected chi connectivity index (χ3v) is 6.98. The molecule has 1 aliphatic heterocycles. The summed E-state index contributed by atoms with van der Waals surface area (Å²) in [5.41, 5.74) is 6.08. The Labute approximate surface area is 159 Å². The minimum absolute atomic E-state index is 0. The van der Waals surface area contributed by atoms with Crippen molar-refractivity contribution in [2.24, 2.45) is 17.6 Å². The van der Waals surface area contributed by atoms with Gasteiger partial charge in [0.05, 0.1) is 5.02 Å². The summed E-state index contributed by atoms with van der Waals surface area (Å²) >= 11 is 5.92. The number of rotatable bonds is 5. The third kappa shape index (κ3) is 4.46. The predicted molar refractivity (Wildman–Crippen MR) is 99.3 cm³/mol. The van der Waals surface area contributed by atoms with Gasteiger partial charge in [-0.3, -0.25) is 4.79 Å². The summed E-state index contributed by atoms with van der Waals surface area (Å²) < 4.78 is 26.9. The maximum absolute atomic E-state index is 12.3. The van der Waals surface area contributed by atoms with Crippen LogP contribution in [0.5, 0.6) is 0 Å². The number of carbonyl (C=O) groups is 1. The van der Waals surface area contributed by atoms with Crippen molar-refractivity contribution in [2.75, 3.05) is 19.6 Å². The summed E-state index contributed by atoms with van der Waals surface area (Å²) in [5.74, 6) is 0.871. The second-order valence-electron chi connectivity index (χ2n) is 6.54. The van der Waals surface area contributed by atoms with Crippen molar-refractivity contribution in [1.29, 1.82) is 0 Å². The molecule has 2 fully saturated rings. The number of halogens is 2. The first kappa shape index (κ1) is 20.5. The van der Waals surface area contributed by atoms with Crippen LogP contribution in [-0.4, -0.2) is 44.9 Å². The molecule has 6 nitrogen and oxygen atoms in total. The first-order chi connectivity index (χ1) is 11.4. The second kappa shape index (κ2) is 8.22. The van der Waals surface area contributed by atoms with Gasteiger partial charge in [0.1, 0.15) is 4.90 Å². The highest BCUT2D eigenvalue weighted by Crippen LogP contribution is 2.37. The lowest BCUT2D eigenvalue weighted by Gasteiger charge is -2.19. The Morgan fingerprint density at radius 3 is 2.68 bits per heavy atom. The predicted octanol–water partition coefficient (Wildman–Crippen LogP) is 1.63. The van der Waals surface area contributed by atoms with Crippen LogP contribution in [0.15, 0.2) is 29.2 Å². The van der Waals surface area contributed by atoms with Crippen LogP contribution in [-0.2, 0) is 14.8 Å². The topological polar surface area (TPSA) is 92.5 Å². The van der Waals surface area contributed by atoms with Crippen molar-refractivity contribution in [1.82, 2.24) is 9.62 Å². The van der Waals surface area contributed by atoms with E-state index < -0.39 is 10.0 Å². The quantitative estimate of drug-likeness (QED) is 0.775. The second-order valence-corrected chi connectivity index (χ2v) is 8.68. The van der Waals surface area contributed by atoms with Gasteiger partial charge in [0.15, 0.2) is 0 Å². The van der Waals surface area contributed by atoms with Crippen molar-refractivity contribution in [2.45, 2.75) is 30.2 Å². The Bertz CT molecular complexity index is 729. The molecule has 140 valence electrons. The van der Waals surface area contributed by atoms with E-state index in [0.717, 1.165) is 19.4 Å². The summed E-state index contributed by atoms with van der Waals surface area (Å²) in [7, 11) is -3.71. The minimum Gasteiger partial charge on any atom is -0.342 e. The number of hydrogen-bond acceptors (Lipinski definition) is 4. The number of likely N-dealkylation sites (tertiary alicyclic amines) is 1. The maximum atomic E-state index is 12.3. The number of nitrogens with zero attached hydrogens (tertiary/aromatic N) is 1. The van der Waals surface area contributed by atoms with Crippen LogP contribution >= 0.6 is 24.0 Å². The highest BCUT2D eigenvalue weighted by molar-refractivity contribution is 7.89. The van der Waals surface area contributed by atoms with Crippen LogP contribution in [0.4, 0.5) is 0 Å². The van der Waals surface area contributed by atoms with Crippen molar-refractivity contribution >= 4 is 39.9 Å². The van der Waals surface area contributed by atoms with Crippen LogP contribution in [0, 0.1) is 11.8 Å². The zero-order valence-electron chi connectivity index (χ0n) is 13.7. The largest absolute Gasteiger partial charge is 0.342 e. The number of nitrogens with two attached hydrogens (primary N) is 1. The summed E-state index contributed by atoms with van der Waals surface area (Å²) in [6.07, 6.45) is 2.25. The summed E-state index contributed by atoms with van der Waals surface area (Å²) in [6, 6.07) is 6.42. The van der Waals surface area contributed by atoms with Gasteiger partial charge in [0, 0.05) is 32.1 Å². The Kier molecular flexibility index (Phi) is 6.73. The Morgan fingerprint density at radius 2 is 2.00 bits per heavy atom. The lowest BCUT2D eigenvalue weighted by Crippen LogP contribution is -2.35. The highest BCUT2D eigenvalue weighted by atomic mass is 35.5. The van der Waals surface area contributed by atoms with E-state index in [1.807, 2.05) is 4.90 Å². The number of amides is 1. The molecule has 1 aromatic rings. The lowest BCUT2D eigenvalue weighted by atomic mass is 9.98. The average molecular weight is 408 g/mol. The molecular formula is C16H23Cl2N3O3S. The fraction of sp³-hybridized carbons (Fsp3) is 0.562. The molecule has 3 atom stereocenters. The fourth-order valence-corrected chi connectivity index (χ4v) is 5.25. The van der Waals surface area contributed by atoms with Gasteiger partial charge in [-0.15, -0.1) is 12.4 Å². The molecule has 1 aromatic carbocycles. The van der Waals surface area contributed by atoms with Gasteiger partial charge < -0.3 is 10.6 Å². The standard InChI is InChI=1S/C16H22ClN3O3S.ClH/c17-13-3-1-2-4-15(13)24(22,23)19-8-7-16(21)20-9-11-5-6-14(18)12(11)10-20;/h1-4,11-12,14,19H,5-10,18H2;1H. The molecule has 3 unspecified atom stereocenters. The van der Waals surface area contributed by atoms with E-state index in [1.54, 1.807) is 12.1 Å². The van der Waals surface area contributed by atoms with Gasteiger partial charge in [-0.1, -0.05) is 23.7 Å². The number of nitrogens with one attached hydrogen (secondary N) is 1. The van der Waals surface area contributed by atoms with Crippen molar-refractivity contribution in [3.8, 4) is 0 Å². The molecule has 1 heterocycles. The van der Waals surface area contributed by atoms with Gasteiger partial charge in [-0.05, 0) is 36.8 Å². The first-order valence-electron chi connectivity index (χ1n) is 8.16. The molecule has 0 radical (unpaired) electrons. The Hall–Kier alpha value is -0.860. The van der Waals surface area contributed by atoms with Crippen molar-refractivity contribution in [3.05, 3.63) is 29.3 Å². The zero-order valence-corrected chi connectivity index (χ0v) is 16.1. The summed E-state index contributed by atoms with van der Waals surface area (Å²) in [5, 5.41) is 0.165. The number of benzene rings is 1. The van der Waals surface area contributed by atoms with Crippen LogP contribution in [0.1, 0.15) is 19.3 Å². The van der Waals surface area contributed by atoms with Gasteiger partial charge in [-0.25, -0.2) is 13.1 Å². The molecule has 3 rings (SSSR count). The van der Waals surface area contributed by atoms with E-state index in [0.29, 0.717) is 18.4 Å². The molecule has 0 bridgehead atoms. The zero-order chi connectivity index (χ0) is 17.3. The average Bonchev–Trinajstić information content (AvgIpc) is 3.10. The molecule has 1 saturated carbocycles. The third-order valence-electron chi connectivity index (χ3n) is 5.02. The van der Waals surface area contributed by atoms with E-state index in [2.05, 4.69) is 4.72 Å². The SMILES string of the molecule is Cl.NC1CCC2CN(C(=O)CCNS(=O)(=O)c3ccccc3Cl)CC12. The molecule has 0 aromatic heterocycles. The molecule has 0 spiro atoms. The van der Waals surface area contributed by atoms with Crippen LogP contribution in [0.3, 0.4) is 0 Å². The lowest BCUT2D eigenvalue weighted by molar-refractivity contribution is -0.130. The molecule has 1 amide bonds. The maximum Gasteiger partial charge on any atom is 0.242 e. The van der Waals surface area contributed by atoms with Crippen LogP contribution in [0.2, 0.25) is 5.02 Å². The van der Waals surface area contributed by atoms with Crippen molar-refractivity contribution in [3.63, 3.8) is 0 Å². The van der Waals surface area contributed by atoms with E-state index in [1.165, 1.54) is 12.1 Å². The van der Waals surface area contributed by atoms with E-state index >= 15 is 0 Å². The summed E-state index contributed by atoms with van der Waals surface area (Å²) in [4.78, 5) is 14.1. The molecule has 2 aliphatic rings. The van der Waals surface area contributed by atoms with E-state index in [4.69, 9.17) is 17.3 Å². The van der Waals surface area contributed by atoms with Gasteiger partial charge >= 0.3 is 0 Å². The highest BCUT2D eigenvalue weighted by Gasteiger charge is 2.42. The van der Waals surface area contributed by atoms with E-state index in [-0.39, 0.29) is 47.2 Å². The Morgan fingerprint density at radius 1 is 1.28 bits per heavy atom. The monoisotopic (exact) mass is 407 g/mol. The van der Waals surface area contributed by atoms with E-state index in [9.17, 15) is 13.2 Å². The smallest absolute Gasteiger partial charge is 0.242 e.